The third kappa shape index (κ3) is 6.35. The maximum absolute atomic E-state index is 13.4. The molecule has 0 aliphatic carbocycles. The first kappa shape index (κ1) is 27.4. The highest BCUT2D eigenvalue weighted by atomic mass is 35.5. The Morgan fingerprint density at radius 1 is 1.11 bits per heavy atom. The van der Waals surface area contributed by atoms with Crippen molar-refractivity contribution in [3.63, 3.8) is 0 Å². The molecule has 2 aromatic rings. The predicted molar refractivity (Wildman–Crippen MR) is 127 cm³/mol. The lowest BCUT2D eigenvalue weighted by Gasteiger charge is -2.43. The molecule has 6 nitrogen and oxygen atoms in total. The molecule has 192 valence electrons. The fraction of sp³-hybridized carbons (Fsp3) is 0.458. The van der Waals surface area contributed by atoms with Gasteiger partial charge in [-0.1, -0.05) is 23.7 Å². The van der Waals surface area contributed by atoms with E-state index in [9.17, 15) is 26.4 Å². The quantitative estimate of drug-likeness (QED) is 0.563. The van der Waals surface area contributed by atoms with E-state index in [2.05, 4.69) is 4.90 Å². The highest BCUT2D eigenvalue weighted by Crippen LogP contribution is 2.35. The first-order valence-electron chi connectivity index (χ1n) is 11.1. The fourth-order valence-electron chi connectivity index (χ4n) is 4.59. The molecule has 1 N–H and O–H groups in total. The molecule has 1 saturated heterocycles. The van der Waals surface area contributed by atoms with Crippen LogP contribution in [0.15, 0.2) is 41.3 Å². The minimum atomic E-state index is -4.51. The number of carbonyl (C=O) groups is 1. The van der Waals surface area contributed by atoms with Crippen molar-refractivity contribution in [3.8, 4) is 0 Å². The molecule has 1 unspecified atom stereocenters. The molecule has 0 aromatic heterocycles. The van der Waals surface area contributed by atoms with Crippen LogP contribution in [-0.2, 0) is 33.8 Å². The summed E-state index contributed by atoms with van der Waals surface area (Å²) in [4.78, 5) is 13.3. The van der Waals surface area contributed by atoms with E-state index in [1.807, 2.05) is 13.8 Å². The van der Waals surface area contributed by atoms with Crippen LogP contribution in [0.2, 0.25) is 5.02 Å². The molecule has 35 heavy (non-hydrogen) atoms. The van der Waals surface area contributed by atoms with E-state index in [0.29, 0.717) is 42.7 Å². The third-order valence-corrected chi connectivity index (χ3v) is 8.64. The van der Waals surface area contributed by atoms with Crippen LogP contribution in [0.5, 0.6) is 0 Å². The maximum Gasteiger partial charge on any atom is 0.417 e. The molecule has 3 rings (SSSR count). The van der Waals surface area contributed by atoms with Crippen molar-refractivity contribution >= 4 is 27.6 Å². The van der Waals surface area contributed by atoms with Crippen LogP contribution in [0, 0.1) is 6.92 Å². The van der Waals surface area contributed by atoms with E-state index in [-0.39, 0.29) is 28.4 Å². The van der Waals surface area contributed by atoms with Gasteiger partial charge < -0.3 is 5.11 Å². The maximum atomic E-state index is 13.4. The molecule has 0 saturated carbocycles. The lowest BCUT2D eigenvalue weighted by atomic mass is 10.1. The van der Waals surface area contributed by atoms with Gasteiger partial charge in [-0.05, 0) is 68.1 Å². The molecule has 0 radical (unpaired) electrons. The van der Waals surface area contributed by atoms with Gasteiger partial charge in [0.1, 0.15) is 0 Å². The third-order valence-electron chi connectivity index (χ3n) is 6.21. The fourth-order valence-corrected chi connectivity index (χ4v) is 6.75. The molecule has 0 spiro atoms. The summed E-state index contributed by atoms with van der Waals surface area (Å²) in [5.74, 6) is -1.03. The van der Waals surface area contributed by atoms with Crippen molar-refractivity contribution < 1.29 is 31.5 Å². The number of sulfonamides is 1. The van der Waals surface area contributed by atoms with E-state index in [0.717, 1.165) is 6.07 Å². The summed E-state index contributed by atoms with van der Waals surface area (Å²) in [5, 5.41) is 8.78. The number of aliphatic carboxylic acids is 1. The first-order chi connectivity index (χ1) is 16.2. The van der Waals surface area contributed by atoms with Crippen molar-refractivity contribution in [3.05, 3.63) is 63.7 Å². The van der Waals surface area contributed by atoms with Crippen LogP contribution in [0.25, 0.3) is 0 Å². The minimum Gasteiger partial charge on any atom is -0.481 e. The van der Waals surface area contributed by atoms with Crippen molar-refractivity contribution in [2.75, 3.05) is 19.6 Å². The Hall–Kier alpha value is -2.14. The van der Waals surface area contributed by atoms with Gasteiger partial charge in [0.15, 0.2) is 0 Å². The van der Waals surface area contributed by atoms with E-state index in [1.54, 1.807) is 13.0 Å². The molecule has 0 bridgehead atoms. The van der Waals surface area contributed by atoms with E-state index in [4.69, 9.17) is 16.7 Å². The molecule has 1 fully saturated rings. The number of aryl methyl sites for hydroxylation is 1. The number of benzene rings is 2. The number of rotatable bonds is 7. The largest absolute Gasteiger partial charge is 0.481 e. The zero-order valence-electron chi connectivity index (χ0n) is 19.6. The Morgan fingerprint density at radius 3 is 2.29 bits per heavy atom. The first-order valence-corrected chi connectivity index (χ1v) is 12.9. The highest BCUT2D eigenvalue weighted by Gasteiger charge is 2.38. The van der Waals surface area contributed by atoms with Crippen LogP contribution in [0.4, 0.5) is 13.2 Å². The smallest absolute Gasteiger partial charge is 0.417 e. The Bertz CT molecular complexity index is 1190. The molecular formula is C24H28ClF3N2O4S. The zero-order valence-corrected chi connectivity index (χ0v) is 21.2. The van der Waals surface area contributed by atoms with Crippen LogP contribution < -0.4 is 0 Å². The SMILES string of the molecule is Cc1ccc(S(=O)(=O)N2C(C)CN(CCc3ccc(C(F)(F)F)c(Cl)c3)C[C@@H]2C)cc1CC(=O)O. The van der Waals surface area contributed by atoms with Crippen molar-refractivity contribution in [2.24, 2.45) is 0 Å². The average molecular weight is 533 g/mol. The monoisotopic (exact) mass is 532 g/mol. The van der Waals surface area contributed by atoms with E-state index < -0.39 is 27.7 Å². The van der Waals surface area contributed by atoms with Gasteiger partial charge in [0.2, 0.25) is 10.0 Å². The number of carboxylic acid groups (broad SMARTS) is 1. The van der Waals surface area contributed by atoms with E-state index >= 15 is 0 Å². The molecular weight excluding hydrogens is 505 g/mol. The summed E-state index contributed by atoms with van der Waals surface area (Å²) in [6.45, 7) is 6.79. The van der Waals surface area contributed by atoms with Gasteiger partial charge in [-0.25, -0.2) is 8.42 Å². The Kier molecular flexibility index (Phi) is 8.20. The number of carboxylic acids is 1. The number of piperazine rings is 1. The lowest BCUT2D eigenvalue weighted by molar-refractivity contribution is -0.138. The average Bonchev–Trinajstić information content (AvgIpc) is 2.72. The number of halogens is 4. The second kappa shape index (κ2) is 10.5. The van der Waals surface area contributed by atoms with Gasteiger partial charge in [-0.2, -0.15) is 17.5 Å². The predicted octanol–water partition coefficient (Wildman–Crippen LogP) is 4.62. The summed E-state index contributed by atoms with van der Waals surface area (Å²) in [7, 11) is -3.86. The van der Waals surface area contributed by atoms with Gasteiger partial charge in [0.25, 0.3) is 0 Å². The number of nitrogens with zero attached hydrogens (tertiary/aromatic N) is 2. The Morgan fingerprint density at radius 2 is 1.74 bits per heavy atom. The minimum absolute atomic E-state index is 0.0610. The molecule has 0 amide bonds. The number of alkyl halides is 3. The molecule has 2 atom stereocenters. The van der Waals surface area contributed by atoms with Crippen molar-refractivity contribution in [2.45, 2.75) is 56.8 Å². The lowest BCUT2D eigenvalue weighted by Crippen LogP contribution is -2.58. The normalized spacial score (nSPS) is 20.2. The van der Waals surface area contributed by atoms with Gasteiger partial charge in [-0.3, -0.25) is 9.69 Å². The summed E-state index contributed by atoms with van der Waals surface area (Å²) >= 11 is 5.82. The zero-order chi connectivity index (χ0) is 26.1. The number of hydrogen-bond donors (Lipinski definition) is 1. The Labute approximate surface area is 208 Å². The van der Waals surface area contributed by atoms with Gasteiger partial charge in [0.05, 0.1) is 21.9 Å². The van der Waals surface area contributed by atoms with Crippen molar-refractivity contribution in [1.82, 2.24) is 9.21 Å². The van der Waals surface area contributed by atoms with Gasteiger partial charge in [-0.15, -0.1) is 0 Å². The van der Waals surface area contributed by atoms with Crippen LogP contribution >= 0.6 is 11.6 Å². The van der Waals surface area contributed by atoms with Crippen LogP contribution in [0.3, 0.4) is 0 Å². The Balaban J connectivity index is 1.71. The molecule has 1 aliphatic rings. The summed E-state index contributed by atoms with van der Waals surface area (Å²) < 4.78 is 67.1. The summed E-state index contributed by atoms with van der Waals surface area (Å²) in [6.07, 6.45) is -4.29. The topological polar surface area (TPSA) is 77.9 Å². The van der Waals surface area contributed by atoms with Crippen LogP contribution in [0.1, 0.15) is 36.1 Å². The second-order valence-electron chi connectivity index (χ2n) is 9.01. The van der Waals surface area contributed by atoms with Gasteiger partial charge >= 0.3 is 12.1 Å². The second-order valence-corrected chi connectivity index (χ2v) is 11.3. The molecule has 11 heteroatoms. The molecule has 1 heterocycles. The number of hydrogen-bond acceptors (Lipinski definition) is 4. The summed E-state index contributed by atoms with van der Waals surface area (Å²) in [5.41, 5.74) is 0.962. The van der Waals surface area contributed by atoms with Crippen molar-refractivity contribution in [1.29, 1.82) is 0 Å². The van der Waals surface area contributed by atoms with Gasteiger partial charge in [0, 0.05) is 31.7 Å². The van der Waals surface area contributed by atoms with E-state index in [1.165, 1.54) is 28.6 Å². The van der Waals surface area contributed by atoms with Crippen LogP contribution in [-0.4, -0.2) is 60.4 Å². The highest BCUT2D eigenvalue weighted by molar-refractivity contribution is 7.89. The molecule has 2 aromatic carbocycles. The standard InChI is InChI=1S/C24H28ClF3N2O4S/c1-15-4-6-20(11-19(15)12-23(31)32)35(33,34)30-16(2)13-29(14-17(30)3)9-8-18-5-7-21(22(25)10-18)24(26,27)28/h4-7,10-11,16-17H,8-9,12-14H2,1-3H3,(H,31,32)/t16-,17?/m0/s1. The molecule has 1 aliphatic heterocycles. The summed E-state index contributed by atoms with van der Waals surface area (Å²) in [6, 6.07) is 7.54.